The molecule has 0 spiro atoms. The van der Waals surface area contributed by atoms with Gasteiger partial charge in [-0.2, -0.15) is 0 Å². The van der Waals surface area contributed by atoms with Crippen molar-refractivity contribution in [3.63, 3.8) is 0 Å². The largest absolute Gasteiger partial charge is 0.463 e. The Labute approximate surface area is 73.1 Å². The number of esters is 1. The molecule has 0 saturated carbocycles. The van der Waals surface area contributed by atoms with Crippen LogP contribution in [-0.4, -0.2) is 17.9 Å². The van der Waals surface area contributed by atoms with Crippen molar-refractivity contribution in [1.82, 2.24) is 0 Å². The van der Waals surface area contributed by atoms with Crippen LogP contribution in [0, 0.1) is 0 Å². The molecule has 0 amide bonds. The average Bonchev–Trinajstić information content (AvgIpc) is 2.00. The minimum absolute atomic E-state index is 0.0242. The number of carbonyl (C=O) groups is 2. The predicted octanol–water partition coefficient (Wildman–Crippen LogP) is 1.70. The van der Waals surface area contributed by atoms with Crippen molar-refractivity contribution < 1.29 is 14.3 Å². The standard InChI is InChI=1S/C9H16O3/c1-4-8(3)12-9(11)6-5-7(2)10/h8H,4-6H2,1-3H3/t8-/m1/s1. The van der Waals surface area contributed by atoms with E-state index in [1.807, 2.05) is 13.8 Å². The second kappa shape index (κ2) is 5.75. The number of Topliss-reactive ketones (excluding diaryl/α,β-unsaturated/α-hetero) is 1. The Morgan fingerprint density at radius 1 is 1.33 bits per heavy atom. The highest BCUT2D eigenvalue weighted by Gasteiger charge is 2.07. The molecule has 0 N–H and O–H groups in total. The molecule has 3 nitrogen and oxygen atoms in total. The summed E-state index contributed by atoms with van der Waals surface area (Å²) in [5.74, 6) is -0.254. The topological polar surface area (TPSA) is 43.4 Å². The first-order valence-corrected chi connectivity index (χ1v) is 4.25. The van der Waals surface area contributed by atoms with Gasteiger partial charge in [0.15, 0.2) is 0 Å². The van der Waals surface area contributed by atoms with Gasteiger partial charge in [0.2, 0.25) is 0 Å². The summed E-state index contributed by atoms with van der Waals surface area (Å²) in [7, 11) is 0. The lowest BCUT2D eigenvalue weighted by Crippen LogP contribution is -2.14. The van der Waals surface area contributed by atoms with Crippen LogP contribution in [0.3, 0.4) is 0 Å². The third-order valence-corrected chi connectivity index (χ3v) is 1.59. The summed E-state index contributed by atoms with van der Waals surface area (Å²) in [6.45, 7) is 5.26. The number of hydrogen-bond acceptors (Lipinski definition) is 3. The maximum absolute atomic E-state index is 10.9. The molecule has 0 bridgehead atoms. The van der Waals surface area contributed by atoms with Gasteiger partial charge in [0.1, 0.15) is 5.78 Å². The summed E-state index contributed by atoms with van der Waals surface area (Å²) in [5, 5.41) is 0. The number of ketones is 1. The lowest BCUT2D eigenvalue weighted by atomic mass is 10.2. The van der Waals surface area contributed by atoms with Crippen molar-refractivity contribution in [2.24, 2.45) is 0 Å². The minimum atomic E-state index is -0.278. The molecule has 0 saturated heterocycles. The first kappa shape index (κ1) is 11.1. The van der Waals surface area contributed by atoms with Gasteiger partial charge in [0, 0.05) is 6.42 Å². The van der Waals surface area contributed by atoms with E-state index in [2.05, 4.69) is 0 Å². The molecule has 0 aliphatic rings. The van der Waals surface area contributed by atoms with Gasteiger partial charge in [-0.05, 0) is 20.3 Å². The molecule has 0 aromatic rings. The number of carbonyl (C=O) groups excluding carboxylic acids is 2. The van der Waals surface area contributed by atoms with Crippen LogP contribution in [0.4, 0.5) is 0 Å². The molecule has 0 aromatic carbocycles. The van der Waals surface area contributed by atoms with Crippen LogP contribution in [0.25, 0.3) is 0 Å². The van der Waals surface area contributed by atoms with Crippen molar-refractivity contribution in [1.29, 1.82) is 0 Å². The van der Waals surface area contributed by atoms with Gasteiger partial charge in [-0.25, -0.2) is 0 Å². The van der Waals surface area contributed by atoms with E-state index < -0.39 is 0 Å². The number of hydrogen-bond donors (Lipinski definition) is 0. The average molecular weight is 172 g/mol. The summed E-state index contributed by atoms with van der Waals surface area (Å²) in [6, 6.07) is 0. The molecule has 0 heterocycles. The van der Waals surface area contributed by atoms with Crippen LogP contribution < -0.4 is 0 Å². The Kier molecular flexibility index (Phi) is 5.34. The minimum Gasteiger partial charge on any atom is -0.463 e. The quantitative estimate of drug-likeness (QED) is 0.593. The summed E-state index contributed by atoms with van der Waals surface area (Å²) >= 11 is 0. The van der Waals surface area contributed by atoms with Gasteiger partial charge in [0.25, 0.3) is 0 Å². The molecule has 0 radical (unpaired) electrons. The highest BCUT2D eigenvalue weighted by molar-refractivity contribution is 5.80. The summed E-state index contributed by atoms with van der Waals surface area (Å²) in [4.78, 5) is 21.4. The molecule has 0 aliphatic carbocycles. The molecule has 1 atom stereocenters. The zero-order chi connectivity index (χ0) is 9.56. The summed E-state index contributed by atoms with van der Waals surface area (Å²) < 4.78 is 4.96. The SMILES string of the molecule is CC[C@@H](C)OC(=O)CCC(C)=O. The van der Waals surface area contributed by atoms with Gasteiger partial charge < -0.3 is 9.53 Å². The van der Waals surface area contributed by atoms with E-state index in [1.165, 1.54) is 6.92 Å². The fourth-order valence-electron chi connectivity index (χ4n) is 0.645. The molecular formula is C9H16O3. The Bertz CT molecular complexity index is 163. The van der Waals surface area contributed by atoms with Gasteiger partial charge in [-0.3, -0.25) is 4.79 Å². The second-order valence-electron chi connectivity index (χ2n) is 2.91. The van der Waals surface area contributed by atoms with Crippen LogP contribution >= 0.6 is 0 Å². The lowest BCUT2D eigenvalue weighted by molar-refractivity contribution is -0.149. The molecule has 3 heteroatoms. The summed E-state index contributed by atoms with van der Waals surface area (Å²) in [6.07, 6.45) is 1.27. The molecular weight excluding hydrogens is 156 g/mol. The van der Waals surface area contributed by atoms with Gasteiger partial charge in [-0.15, -0.1) is 0 Å². The zero-order valence-corrected chi connectivity index (χ0v) is 7.92. The Morgan fingerprint density at radius 2 is 1.92 bits per heavy atom. The van der Waals surface area contributed by atoms with Crippen LogP contribution in [-0.2, 0) is 14.3 Å². The molecule has 0 aliphatic heterocycles. The molecule has 0 unspecified atom stereocenters. The van der Waals surface area contributed by atoms with E-state index in [1.54, 1.807) is 0 Å². The van der Waals surface area contributed by atoms with E-state index in [-0.39, 0.29) is 30.7 Å². The highest BCUT2D eigenvalue weighted by Crippen LogP contribution is 2.00. The summed E-state index contributed by atoms with van der Waals surface area (Å²) in [5.41, 5.74) is 0. The monoisotopic (exact) mass is 172 g/mol. The first-order valence-electron chi connectivity index (χ1n) is 4.25. The predicted molar refractivity (Wildman–Crippen MR) is 45.8 cm³/mol. The Balaban J connectivity index is 3.53. The van der Waals surface area contributed by atoms with Crippen LogP contribution in [0.2, 0.25) is 0 Å². The van der Waals surface area contributed by atoms with E-state index >= 15 is 0 Å². The molecule has 0 aromatic heterocycles. The lowest BCUT2D eigenvalue weighted by Gasteiger charge is -2.09. The van der Waals surface area contributed by atoms with Crippen molar-refractivity contribution in [3.05, 3.63) is 0 Å². The van der Waals surface area contributed by atoms with E-state index in [0.29, 0.717) is 0 Å². The van der Waals surface area contributed by atoms with Gasteiger partial charge in [0.05, 0.1) is 12.5 Å². The maximum Gasteiger partial charge on any atom is 0.306 e. The van der Waals surface area contributed by atoms with Crippen molar-refractivity contribution in [3.8, 4) is 0 Å². The normalized spacial score (nSPS) is 12.2. The van der Waals surface area contributed by atoms with Crippen molar-refractivity contribution in [2.45, 2.75) is 46.1 Å². The molecule has 0 rings (SSSR count). The molecule has 12 heavy (non-hydrogen) atoms. The third kappa shape index (κ3) is 5.89. The fourth-order valence-corrected chi connectivity index (χ4v) is 0.645. The molecule has 70 valence electrons. The second-order valence-corrected chi connectivity index (χ2v) is 2.91. The Hall–Kier alpha value is -0.860. The van der Waals surface area contributed by atoms with Gasteiger partial charge in [-0.1, -0.05) is 6.92 Å². The van der Waals surface area contributed by atoms with Gasteiger partial charge >= 0.3 is 5.97 Å². The van der Waals surface area contributed by atoms with E-state index in [0.717, 1.165) is 6.42 Å². The van der Waals surface area contributed by atoms with Crippen molar-refractivity contribution >= 4 is 11.8 Å². The van der Waals surface area contributed by atoms with Crippen molar-refractivity contribution in [2.75, 3.05) is 0 Å². The van der Waals surface area contributed by atoms with Crippen LogP contribution in [0.15, 0.2) is 0 Å². The maximum atomic E-state index is 10.9. The molecule has 0 fully saturated rings. The van der Waals surface area contributed by atoms with E-state index in [4.69, 9.17) is 4.74 Å². The van der Waals surface area contributed by atoms with Crippen LogP contribution in [0.5, 0.6) is 0 Å². The smallest absolute Gasteiger partial charge is 0.306 e. The Morgan fingerprint density at radius 3 is 2.33 bits per heavy atom. The van der Waals surface area contributed by atoms with E-state index in [9.17, 15) is 9.59 Å². The number of ether oxygens (including phenoxy) is 1. The zero-order valence-electron chi connectivity index (χ0n) is 7.92. The third-order valence-electron chi connectivity index (χ3n) is 1.59. The number of rotatable bonds is 5. The fraction of sp³-hybridized carbons (Fsp3) is 0.778. The first-order chi connectivity index (χ1) is 5.56. The highest BCUT2D eigenvalue weighted by atomic mass is 16.5. The van der Waals surface area contributed by atoms with Crippen LogP contribution in [0.1, 0.15) is 40.0 Å².